The summed E-state index contributed by atoms with van der Waals surface area (Å²) >= 11 is 5.98. The smallest absolute Gasteiger partial charge is 0.260 e. The van der Waals surface area contributed by atoms with E-state index in [1.165, 1.54) is 23.1 Å². The highest BCUT2D eigenvalue weighted by molar-refractivity contribution is 6.33. The Morgan fingerprint density at radius 3 is 2.21 bits per heavy atom. The Hall–Kier alpha value is -2.80. The van der Waals surface area contributed by atoms with Crippen molar-refractivity contribution in [3.8, 4) is 11.5 Å². The van der Waals surface area contributed by atoms with Crippen molar-refractivity contribution in [2.45, 2.75) is 6.92 Å². The fourth-order valence-electron chi connectivity index (χ4n) is 3.09. The monoisotopic (exact) mass is 420 g/mol. The van der Waals surface area contributed by atoms with Gasteiger partial charge in [0.05, 0.1) is 17.2 Å². The Balaban J connectivity index is 1.54. The molecule has 0 radical (unpaired) electrons. The normalized spacial score (nSPS) is 13.9. The van der Waals surface area contributed by atoms with Gasteiger partial charge in [0.25, 0.3) is 11.8 Å². The Bertz CT molecular complexity index is 864. The van der Waals surface area contributed by atoms with Gasteiger partial charge in [0.1, 0.15) is 5.82 Å². The standard InChI is InChI=1S/C21H22ClFN2O4/c1-2-28-17-8-3-4-9-18(17)29-14-19(26)24-10-12-25(13-11-24)21(27)20-15(22)6-5-7-16(20)23/h3-9H,2,10-14H2,1H3. The Morgan fingerprint density at radius 1 is 0.966 bits per heavy atom. The van der Waals surface area contributed by atoms with Crippen LogP contribution in [0, 0.1) is 5.82 Å². The van der Waals surface area contributed by atoms with E-state index >= 15 is 0 Å². The van der Waals surface area contributed by atoms with Crippen LogP contribution >= 0.6 is 11.6 Å². The van der Waals surface area contributed by atoms with Crippen LogP contribution in [-0.4, -0.2) is 61.0 Å². The molecule has 0 aliphatic carbocycles. The summed E-state index contributed by atoms with van der Waals surface area (Å²) in [5, 5.41) is 0.0786. The summed E-state index contributed by atoms with van der Waals surface area (Å²) in [6.07, 6.45) is 0. The highest BCUT2D eigenvalue weighted by Gasteiger charge is 2.27. The van der Waals surface area contributed by atoms with Crippen LogP contribution < -0.4 is 9.47 Å². The summed E-state index contributed by atoms with van der Waals surface area (Å²) in [7, 11) is 0. The van der Waals surface area contributed by atoms with Gasteiger partial charge in [-0.2, -0.15) is 0 Å². The number of para-hydroxylation sites is 2. The minimum absolute atomic E-state index is 0.0786. The van der Waals surface area contributed by atoms with Crippen LogP contribution in [0.3, 0.4) is 0 Å². The molecule has 29 heavy (non-hydrogen) atoms. The number of halogens is 2. The Labute approximate surface area is 173 Å². The van der Waals surface area contributed by atoms with Gasteiger partial charge in [-0.1, -0.05) is 29.8 Å². The summed E-state index contributed by atoms with van der Waals surface area (Å²) in [5.41, 5.74) is -0.134. The molecule has 0 atom stereocenters. The molecule has 1 aliphatic rings. The molecule has 0 spiro atoms. The van der Waals surface area contributed by atoms with Crippen molar-refractivity contribution < 1.29 is 23.5 Å². The average Bonchev–Trinajstić information content (AvgIpc) is 2.73. The van der Waals surface area contributed by atoms with E-state index in [1.54, 1.807) is 23.1 Å². The topological polar surface area (TPSA) is 59.1 Å². The van der Waals surface area contributed by atoms with E-state index in [0.29, 0.717) is 44.3 Å². The zero-order chi connectivity index (χ0) is 20.8. The van der Waals surface area contributed by atoms with Crippen molar-refractivity contribution in [1.29, 1.82) is 0 Å². The number of amides is 2. The van der Waals surface area contributed by atoms with E-state index in [-0.39, 0.29) is 23.1 Å². The number of benzene rings is 2. The molecule has 3 rings (SSSR count). The molecule has 1 heterocycles. The first-order valence-corrected chi connectivity index (χ1v) is 9.74. The zero-order valence-electron chi connectivity index (χ0n) is 16.1. The highest BCUT2D eigenvalue weighted by Crippen LogP contribution is 2.26. The lowest BCUT2D eigenvalue weighted by Gasteiger charge is -2.35. The minimum Gasteiger partial charge on any atom is -0.490 e. The van der Waals surface area contributed by atoms with Crippen molar-refractivity contribution in [2.24, 2.45) is 0 Å². The van der Waals surface area contributed by atoms with Crippen LogP contribution in [0.1, 0.15) is 17.3 Å². The summed E-state index contributed by atoms with van der Waals surface area (Å²) in [6.45, 7) is 3.51. The van der Waals surface area contributed by atoms with Crippen LogP contribution in [-0.2, 0) is 4.79 Å². The average molecular weight is 421 g/mol. The number of piperazine rings is 1. The molecule has 1 aliphatic heterocycles. The third-order valence-corrected chi connectivity index (χ3v) is 4.91. The van der Waals surface area contributed by atoms with E-state index < -0.39 is 11.7 Å². The first kappa shape index (κ1) is 20.9. The number of rotatable bonds is 6. The van der Waals surface area contributed by atoms with Crippen LogP contribution in [0.25, 0.3) is 0 Å². The van der Waals surface area contributed by atoms with Gasteiger partial charge >= 0.3 is 0 Å². The SMILES string of the molecule is CCOc1ccccc1OCC(=O)N1CCN(C(=O)c2c(F)cccc2Cl)CC1. The summed E-state index contributed by atoms with van der Waals surface area (Å²) in [4.78, 5) is 28.2. The van der Waals surface area contributed by atoms with Crippen LogP contribution in [0.4, 0.5) is 4.39 Å². The maximum atomic E-state index is 14.0. The number of carbonyl (C=O) groups is 2. The second kappa shape index (κ2) is 9.60. The van der Waals surface area contributed by atoms with Gasteiger partial charge < -0.3 is 19.3 Å². The van der Waals surface area contributed by atoms with Gasteiger partial charge in [0.15, 0.2) is 18.1 Å². The van der Waals surface area contributed by atoms with E-state index in [4.69, 9.17) is 21.1 Å². The molecule has 0 saturated carbocycles. The number of nitrogens with zero attached hydrogens (tertiary/aromatic N) is 2. The van der Waals surface area contributed by atoms with E-state index in [0.717, 1.165) is 0 Å². The fraction of sp³-hybridized carbons (Fsp3) is 0.333. The lowest BCUT2D eigenvalue weighted by atomic mass is 10.1. The van der Waals surface area contributed by atoms with Crippen molar-refractivity contribution >= 4 is 23.4 Å². The number of ether oxygens (including phenoxy) is 2. The highest BCUT2D eigenvalue weighted by atomic mass is 35.5. The third kappa shape index (κ3) is 4.98. The molecule has 6 nitrogen and oxygen atoms in total. The van der Waals surface area contributed by atoms with Gasteiger partial charge in [-0.05, 0) is 31.2 Å². The quantitative estimate of drug-likeness (QED) is 0.719. The van der Waals surface area contributed by atoms with Crippen LogP contribution in [0.5, 0.6) is 11.5 Å². The molecule has 0 N–H and O–H groups in total. The van der Waals surface area contributed by atoms with E-state index in [1.807, 2.05) is 13.0 Å². The number of hydrogen-bond acceptors (Lipinski definition) is 4. The first-order chi connectivity index (χ1) is 14.0. The van der Waals surface area contributed by atoms with Crippen molar-refractivity contribution in [1.82, 2.24) is 9.80 Å². The minimum atomic E-state index is -0.651. The molecular formula is C21H22ClFN2O4. The van der Waals surface area contributed by atoms with Gasteiger partial charge in [0.2, 0.25) is 0 Å². The molecule has 8 heteroatoms. The van der Waals surface area contributed by atoms with Gasteiger partial charge in [-0.3, -0.25) is 9.59 Å². The molecule has 0 unspecified atom stereocenters. The number of carbonyl (C=O) groups excluding carboxylic acids is 2. The second-order valence-electron chi connectivity index (χ2n) is 6.44. The summed E-state index contributed by atoms with van der Waals surface area (Å²) in [5.74, 6) is -0.220. The van der Waals surface area contributed by atoms with E-state index in [9.17, 15) is 14.0 Å². The van der Waals surface area contributed by atoms with Gasteiger partial charge in [-0.15, -0.1) is 0 Å². The third-order valence-electron chi connectivity index (χ3n) is 4.60. The molecular weight excluding hydrogens is 399 g/mol. The van der Waals surface area contributed by atoms with E-state index in [2.05, 4.69) is 0 Å². The van der Waals surface area contributed by atoms with Crippen LogP contribution in [0.2, 0.25) is 5.02 Å². The number of hydrogen-bond donors (Lipinski definition) is 0. The second-order valence-corrected chi connectivity index (χ2v) is 6.85. The summed E-state index contributed by atoms with van der Waals surface area (Å²) in [6, 6.07) is 11.3. The Kier molecular flexibility index (Phi) is 6.93. The fourth-order valence-corrected chi connectivity index (χ4v) is 3.34. The molecule has 0 aromatic heterocycles. The molecule has 2 aromatic carbocycles. The lowest BCUT2D eigenvalue weighted by molar-refractivity contribution is -0.134. The van der Waals surface area contributed by atoms with Crippen molar-refractivity contribution in [2.75, 3.05) is 39.4 Å². The van der Waals surface area contributed by atoms with Gasteiger partial charge in [-0.25, -0.2) is 4.39 Å². The maximum absolute atomic E-state index is 14.0. The van der Waals surface area contributed by atoms with Crippen molar-refractivity contribution in [3.05, 3.63) is 58.9 Å². The van der Waals surface area contributed by atoms with Crippen LogP contribution in [0.15, 0.2) is 42.5 Å². The predicted molar refractivity (Wildman–Crippen MR) is 107 cm³/mol. The van der Waals surface area contributed by atoms with Crippen molar-refractivity contribution in [3.63, 3.8) is 0 Å². The Morgan fingerprint density at radius 2 is 1.59 bits per heavy atom. The van der Waals surface area contributed by atoms with Gasteiger partial charge in [0, 0.05) is 26.2 Å². The molecule has 1 saturated heterocycles. The molecule has 2 amide bonds. The molecule has 154 valence electrons. The predicted octanol–water partition coefficient (Wildman–Crippen LogP) is 3.24. The maximum Gasteiger partial charge on any atom is 0.260 e. The molecule has 2 aromatic rings. The lowest BCUT2D eigenvalue weighted by Crippen LogP contribution is -2.51. The molecule has 0 bridgehead atoms. The largest absolute Gasteiger partial charge is 0.490 e. The summed E-state index contributed by atoms with van der Waals surface area (Å²) < 4.78 is 25.1. The zero-order valence-corrected chi connectivity index (χ0v) is 16.8. The first-order valence-electron chi connectivity index (χ1n) is 9.37. The molecule has 1 fully saturated rings.